The van der Waals surface area contributed by atoms with E-state index in [9.17, 15) is 30.6 Å². The largest absolute Gasteiger partial charge is 0.416 e. The van der Waals surface area contributed by atoms with Gasteiger partial charge in [0, 0.05) is 0 Å². The van der Waals surface area contributed by atoms with Crippen LogP contribution in [0.15, 0.2) is 30.9 Å². The van der Waals surface area contributed by atoms with E-state index in [4.69, 9.17) is 0 Å². The minimum atomic E-state index is -4.94. The van der Waals surface area contributed by atoms with Crippen LogP contribution in [0.2, 0.25) is 0 Å². The highest BCUT2D eigenvalue weighted by Crippen LogP contribution is 2.37. The van der Waals surface area contributed by atoms with Crippen molar-refractivity contribution in [2.75, 3.05) is 0 Å². The van der Waals surface area contributed by atoms with Crippen LogP contribution in [0.3, 0.4) is 0 Å². The summed E-state index contributed by atoms with van der Waals surface area (Å²) in [5.41, 5.74) is -3.17. The molecule has 0 bridgehead atoms. The normalized spacial score (nSPS) is 15.9. The van der Waals surface area contributed by atoms with E-state index in [1.54, 1.807) is 20.8 Å². The summed E-state index contributed by atoms with van der Waals surface area (Å²) in [5.74, 6) is 0. The molecule has 0 radical (unpaired) electrons. The third-order valence-corrected chi connectivity index (χ3v) is 4.58. The molecule has 2 atom stereocenters. The average molecular weight is 373 g/mol. The molecule has 1 rings (SSSR count). The maximum atomic E-state index is 12.9. The molecule has 0 saturated heterocycles. The molecule has 0 aromatic heterocycles. The lowest BCUT2D eigenvalue weighted by molar-refractivity contribution is -0.143. The molecule has 1 N–H and O–H groups in total. The Morgan fingerprint density at radius 1 is 1.00 bits per heavy atom. The Kier molecular flexibility index (Phi) is 5.93. The fourth-order valence-electron chi connectivity index (χ4n) is 1.70. The lowest BCUT2D eigenvalue weighted by atomic mass is 10.00. The van der Waals surface area contributed by atoms with Crippen LogP contribution in [0, 0.1) is 0 Å². The maximum absolute atomic E-state index is 12.9. The Morgan fingerprint density at radius 3 is 1.71 bits per heavy atom. The second kappa shape index (κ2) is 6.87. The molecular weight excluding hydrogens is 356 g/mol. The summed E-state index contributed by atoms with van der Waals surface area (Å²) < 4.78 is 91.1. The molecule has 1 unspecified atom stereocenters. The van der Waals surface area contributed by atoms with E-state index in [0.29, 0.717) is 12.1 Å². The maximum Gasteiger partial charge on any atom is 0.416 e. The van der Waals surface area contributed by atoms with Crippen molar-refractivity contribution in [3.63, 3.8) is 0 Å². The fourth-order valence-corrected chi connectivity index (χ4v) is 2.52. The van der Waals surface area contributed by atoms with Gasteiger partial charge in [-0.25, -0.2) is 8.93 Å². The lowest BCUT2D eigenvalue weighted by Crippen LogP contribution is -2.35. The molecule has 24 heavy (non-hydrogen) atoms. The zero-order valence-corrected chi connectivity index (χ0v) is 14.0. The highest BCUT2D eigenvalue weighted by atomic mass is 32.2. The monoisotopic (exact) mass is 373 g/mol. The van der Waals surface area contributed by atoms with Gasteiger partial charge in [0.15, 0.2) is 0 Å². The number of rotatable bonds is 4. The molecule has 0 aliphatic carbocycles. The number of alkyl halides is 6. The molecule has 0 aliphatic rings. The van der Waals surface area contributed by atoms with Crippen LogP contribution in [0.1, 0.15) is 43.5 Å². The first-order valence-corrected chi connectivity index (χ1v) is 7.91. The molecule has 136 valence electrons. The van der Waals surface area contributed by atoms with Crippen LogP contribution >= 0.6 is 0 Å². The molecule has 9 heteroatoms. The van der Waals surface area contributed by atoms with E-state index in [2.05, 4.69) is 11.3 Å². The van der Waals surface area contributed by atoms with E-state index in [1.165, 1.54) is 0 Å². The number of halogens is 6. The first-order chi connectivity index (χ1) is 10.7. The van der Waals surface area contributed by atoms with Crippen LogP contribution in [0.5, 0.6) is 0 Å². The smallest absolute Gasteiger partial charge is 0.242 e. The van der Waals surface area contributed by atoms with Gasteiger partial charge in [-0.2, -0.15) is 26.3 Å². The summed E-state index contributed by atoms with van der Waals surface area (Å²) in [6.45, 7) is 8.24. The van der Waals surface area contributed by atoms with E-state index in [-0.39, 0.29) is 11.6 Å². The van der Waals surface area contributed by atoms with Crippen LogP contribution < -0.4 is 4.72 Å². The second-order valence-electron chi connectivity index (χ2n) is 6.05. The van der Waals surface area contributed by atoms with Gasteiger partial charge in [0.1, 0.15) is 0 Å². The Bertz CT molecular complexity index is 598. The Hall–Kier alpha value is -1.35. The minimum absolute atomic E-state index is 0.0460. The number of hydrogen-bond donors (Lipinski definition) is 1. The number of benzene rings is 1. The summed E-state index contributed by atoms with van der Waals surface area (Å²) in [7, 11) is -1.71. The summed E-state index contributed by atoms with van der Waals surface area (Å²) in [6, 6.07) is 0.0984. The first kappa shape index (κ1) is 20.7. The van der Waals surface area contributed by atoms with Crippen LogP contribution in [0.25, 0.3) is 0 Å². The van der Waals surface area contributed by atoms with Crippen molar-refractivity contribution in [3.05, 3.63) is 47.5 Å². The molecular formula is C15H17F6NOS. The molecule has 1 aromatic rings. The minimum Gasteiger partial charge on any atom is -0.242 e. The van der Waals surface area contributed by atoms with Gasteiger partial charge in [-0.05, 0) is 44.5 Å². The van der Waals surface area contributed by atoms with Crippen LogP contribution in [0.4, 0.5) is 26.3 Å². The molecule has 0 fully saturated rings. The highest BCUT2D eigenvalue weighted by molar-refractivity contribution is 7.84. The molecule has 0 heterocycles. The topological polar surface area (TPSA) is 29.1 Å². The van der Waals surface area contributed by atoms with Gasteiger partial charge in [0.25, 0.3) is 0 Å². The molecule has 0 spiro atoms. The predicted octanol–water partition coefficient (Wildman–Crippen LogP) is 5.00. The van der Waals surface area contributed by atoms with Gasteiger partial charge in [0.2, 0.25) is 0 Å². The predicted molar refractivity (Wildman–Crippen MR) is 80.4 cm³/mol. The Balaban J connectivity index is 3.39. The highest BCUT2D eigenvalue weighted by Gasteiger charge is 2.37. The standard InChI is InChI=1S/C15H17F6NOS/c1-5-12(22-24(23)13(2,3)4)9-6-10(14(16,17)18)8-11(7-9)15(19,20)21/h5-8,12,22H,1H2,2-4H3/t12-,24?/m0/s1. The van der Waals surface area contributed by atoms with E-state index < -0.39 is 45.3 Å². The van der Waals surface area contributed by atoms with E-state index in [0.717, 1.165) is 6.08 Å². The molecule has 1 aromatic carbocycles. The number of nitrogens with one attached hydrogen (secondary N) is 1. The SMILES string of the molecule is C=C[C@H](NS(=O)C(C)(C)C)c1cc(C(F)(F)F)cc(C(F)(F)F)c1. The molecule has 0 aliphatic heterocycles. The van der Waals surface area contributed by atoms with Gasteiger partial charge in [0.05, 0.1) is 32.9 Å². The summed E-state index contributed by atoms with van der Waals surface area (Å²) in [6.07, 6.45) is -8.77. The summed E-state index contributed by atoms with van der Waals surface area (Å²) in [5, 5.41) is 0. The van der Waals surface area contributed by atoms with Crippen molar-refractivity contribution in [2.45, 2.75) is 43.9 Å². The zero-order chi connectivity index (χ0) is 18.9. The molecule has 0 saturated carbocycles. The van der Waals surface area contributed by atoms with Crippen molar-refractivity contribution < 1.29 is 30.6 Å². The van der Waals surface area contributed by atoms with Gasteiger partial charge in [-0.15, -0.1) is 6.58 Å². The second-order valence-corrected chi connectivity index (χ2v) is 8.05. The molecule has 0 amide bonds. The van der Waals surface area contributed by atoms with Gasteiger partial charge >= 0.3 is 12.4 Å². The molecule has 2 nitrogen and oxygen atoms in total. The Labute approximate surface area is 138 Å². The van der Waals surface area contributed by atoms with Crippen molar-refractivity contribution in [1.29, 1.82) is 0 Å². The van der Waals surface area contributed by atoms with Gasteiger partial charge in [-0.1, -0.05) is 6.08 Å². The van der Waals surface area contributed by atoms with Gasteiger partial charge < -0.3 is 0 Å². The van der Waals surface area contributed by atoms with Gasteiger partial charge in [-0.3, -0.25) is 0 Å². The third kappa shape index (κ3) is 5.34. The third-order valence-electron chi connectivity index (χ3n) is 3.00. The average Bonchev–Trinajstić information content (AvgIpc) is 2.40. The van der Waals surface area contributed by atoms with Crippen molar-refractivity contribution in [3.8, 4) is 0 Å². The summed E-state index contributed by atoms with van der Waals surface area (Å²) >= 11 is 0. The Morgan fingerprint density at radius 2 is 1.42 bits per heavy atom. The lowest BCUT2D eigenvalue weighted by Gasteiger charge is -2.24. The quantitative estimate of drug-likeness (QED) is 0.584. The van der Waals surface area contributed by atoms with Crippen molar-refractivity contribution in [1.82, 2.24) is 4.72 Å². The summed E-state index contributed by atoms with van der Waals surface area (Å²) in [4.78, 5) is 0. The zero-order valence-electron chi connectivity index (χ0n) is 13.2. The van der Waals surface area contributed by atoms with Crippen molar-refractivity contribution >= 4 is 11.0 Å². The van der Waals surface area contributed by atoms with E-state index in [1.807, 2.05) is 0 Å². The van der Waals surface area contributed by atoms with Crippen LogP contribution in [-0.4, -0.2) is 8.96 Å². The van der Waals surface area contributed by atoms with Crippen LogP contribution in [-0.2, 0) is 23.3 Å². The first-order valence-electron chi connectivity index (χ1n) is 6.76. The van der Waals surface area contributed by atoms with Crippen molar-refractivity contribution in [2.24, 2.45) is 0 Å². The van der Waals surface area contributed by atoms with E-state index >= 15 is 0 Å². The number of hydrogen-bond acceptors (Lipinski definition) is 1. The fraction of sp³-hybridized carbons (Fsp3) is 0.467.